The van der Waals surface area contributed by atoms with Crippen LogP contribution >= 0.6 is 0 Å². The van der Waals surface area contributed by atoms with E-state index in [0.29, 0.717) is 13.1 Å². The minimum atomic E-state index is -0.623. The van der Waals surface area contributed by atoms with Crippen LogP contribution in [0, 0.1) is 5.92 Å². The number of likely N-dealkylation sites (tertiary alicyclic amines) is 1. The molecule has 1 aromatic carbocycles. The van der Waals surface area contributed by atoms with Crippen molar-refractivity contribution in [1.29, 1.82) is 0 Å². The lowest BCUT2D eigenvalue weighted by atomic mass is 9.91. The van der Waals surface area contributed by atoms with Crippen LogP contribution in [0.25, 0.3) is 0 Å². The van der Waals surface area contributed by atoms with Crippen molar-refractivity contribution >= 4 is 5.91 Å². The number of benzene rings is 1. The molecule has 0 radical (unpaired) electrons. The molecular weight excluding hydrogens is 280 g/mol. The van der Waals surface area contributed by atoms with E-state index < -0.39 is 6.10 Å². The quantitative estimate of drug-likeness (QED) is 0.682. The standard InChI is InChI=1S/C17H26N2O3/c20-13-16(21)15-7-10-19(11-8-15)12-17(22)18-9-6-14-4-2-1-3-5-14/h1-5,15-16,20-21H,6-13H2,(H,18,22). The predicted molar refractivity (Wildman–Crippen MR) is 85.4 cm³/mol. The van der Waals surface area contributed by atoms with Gasteiger partial charge in [-0.25, -0.2) is 0 Å². The zero-order valence-corrected chi connectivity index (χ0v) is 12.9. The second-order valence-corrected chi connectivity index (χ2v) is 5.95. The topological polar surface area (TPSA) is 72.8 Å². The van der Waals surface area contributed by atoms with E-state index in [1.54, 1.807) is 0 Å². The summed E-state index contributed by atoms with van der Waals surface area (Å²) in [4.78, 5) is 14.0. The summed E-state index contributed by atoms with van der Waals surface area (Å²) in [5.74, 6) is 0.208. The van der Waals surface area contributed by atoms with Gasteiger partial charge >= 0.3 is 0 Å². The molecule has 1 fully saturated rings. The fourth-order valence-electron chi connectivity index (χ4n) is 2.89. The van der Waals surface area contributed by atoms with Crippen LogP contribution in [0.1, 0.15) is 18.4 Å². The van der Waals surface area contributed by atoms with Crippen LogP contribution in [0.4, 0.5) is 0 Å². The van der Waals surface area contributed by atoms with E-state index in [0.717, 1.165) is 32.4 Å². The summed E-state index contributed by atoms with van der Waals surface area (Å²) in [6.07, 6.45) is 1.89. The Morgan fingerprint density at radius 2 is 1.95 bits per heavy atom. The second-order valence-electron chi connectivity index (χ2n) is 5.95. The molecule has 0 aromatic heterocycles. The van der Waals surface area contributed by atoms with Crippen LogP contribution in [0.15, 0.2) is 30.3 Å². The Morgan fingerprint density at radius 3 is 2.59 bits per heavy atom. The SMILES string of the molecule is O=C(CN1CCC(C(O)CO)CC1)NCCc1ccccc1. The third kappa shape index (κ3) is 5.40. The average molecular weight is 306 g/mol. The van der Waals surface area contributed by atoms with Crippen molar-refractivity contribution in [3.63, 3.8) is 0 Å². The van der Waals surface area contributed by atoms with E-state index >= 15 is 0 Å². The maximum absolute atomic E-state index is 11.9. The first-order valence-electron chi connectivity index (χ1n) is 8.01. The van der Waals surface area contributed by atoms with Crippen LogP contribution in [0.5, 0.6) is 0 Å². The highest BCUT2D eigenvalue weighted by molar-refractivity contribution is 5.78. The van der Waals surface area contributed by atoms with Crippen LogP contribution in [0.3, 0.4) is 0 Å². The summed E-state index contributed by atoms with van der Waals surface area (Å²) in [5, 5.41) is 21.5. The highest BCUT2D eigenvalue weighted by atomic mass is 16.3. The van der Waals surface area contributed by atoms with E-state index in [1.807, 2.05) is 18.2 Å². The Bertz CT molecular complexity index is 444. The van der Waals surface area contributed by atoms with Crippen LogP contribution in [0.2, 0.25) is 0 Å². The number of nitrogens with one attached hydrogen (secondary N) is 1. The molecule has 5 nitrogen and oxygen atoms in total. The third-order valence-electron chi connectivity index (χ3n) is 4.31. The maximum Gasteiger partial charge on any atom is 0.234 e. The molecule has 0 aliphatic carbocycles. The molecule has 122 valence electrons. The first kappa shape index (κ1) is 16.9. The van der Waals surface area contributed by atoms with E-state index in [-0.39, 0.29) is 18.4 Å². The van der Waals surface area contributed by atoms with Crippen molar-refractivity contribution in [3.05, 3.63) is 35.9 Å². The monoisotopic (exact) mass is 306 g/mol. The molecule has 1 aliphatic heterocycles. The van der Waals surface area contributed by atoms with Gasteiger partial charge < -0.3 is 15.5 Å². The Kier molecular flexibility index (Phi) is 6.83. The summed E-state index contributed by atoms with van der Waals surface area (Å²) >= 11 is 0. The van der Waals surface area contributed by atoms with Gasteiger partial charge in [0.2, 0.25) is 5.91 Å². The van der Waals surface area contributed by atoms with Gasteiger partial charge in [-0.2, -0.15) is 0 Å². The van der Waals surface area contributed by atoms with Crippen molar-refractivity contribution in [2.24, 2.45) is 5.92 Å². The van der Waals surface area contributed by atoms with Gasteiger partial charge in [0.15, 0.2) is 0 Å². The zero-order valence-electron chi connectivity index (χ0n) is 12.9. The molecule has 2 rings (SSSR count). The smallest absolute Gasteiger partial charge is 0.234 e. The van der Waals surface area contributed by atoms with Crippen molar-refractivity contribution in [3.8, 4) is 0 Å². The fourth-order valence-corrected chi connectivity index (χ4v) is 2.89. The predicted octanol–water partition coefficient (Wildman–Crippen LogP) is 0.411. The Labute approximate surface area is 131 Å². The van der Waals surface area contributed by atoms with Gasteiger partial charge in [0.05, 0.1) is 19.3 Å². The fraction of sp³-hybridized carbons (Fsp3) is 0.588. The Hall–Kier alpha value is -1.43. The van der Waals surface area contributed by atoms with Crippen molar-refractivity contribution in [2.75, 3.05) is 32.8 Å². The number of hydrogen-bond donors (Lipinski definition) is 3. The molecule has 5 heteroatoms. The lowest BCUT2D eigenvalue weighted by Crippen LogP contribution is -2.44. The Balaban J connectivity index is 1.62. The highest BCUT2D eigenvalue weighted by Crippen LogP contribution is 2.20. The number of rotatable bonds is 7. The summed E-state index contributed by atoms with van der Waals surface area (Å²) in [6.45, 7) is 2.49. The molecule has 1 aromatic rings. The molecule has 1 heterocycles. The minimum Gasteiger partial charge on any atom is -0.394 e. The number of amides is 1. The van der Waals surface area contributed by atoms with Crippen molar-refractivity contribution < 1.29 is 15.0 Å². The number of carbonyl (C=O) groups excluding carboxylic acids is 1. The molecular formula is C17H26N2O3. The lowest BCUT2D eigenvalue weighted by molar-refractivity contribution is -0.122. The number of aliphatic hydroxyl groups is 2. The number of piperidine rings is 1. The van der Waals surface area contributed by atoms with E-state index in [9.17, 15) is 9.90 Å². The van der Waals surface area contributed by atoms with Gasteiger partial charge in [-0.3, -0.25) is 9.69 Å². The van der Waals surface area contributed by atoms with Gasteiger partial charge in [-0.05, 0) is 43.8 Å². The molecule has 0 saturated carbocycles. The van der Waals surface area contributed by atoms with E-state index in [4.69, 9.17) is 5.11 Å². The molecule has 1 amide bonds. The molecule has 3 N–H and O–H groups in total. The lowest BCUT2D eigenvalue weighted by Gasteiger charge is -2.33. The molecule has 0 bridgehead atoms. The van der Waals surface area contributed by atoms with Crippen molar-refractivity contribution in [1.82, 2.24) is 10.2 Å². The Morgan fingerprint density at radius 1 is 1.27 bits per heavy atom. The average Bonchev–Trinajstić information content (AvgIpc) is 2.56. The van der Waals surface area contributed by atoms with Gasteiger partial charge in [0, 0.05) is 6.54 Å². The first-order valence-corrected chi connectivity index (χ1v) is 8.01. The second kappa shape index (κ2) is 8.88. The molecule has 0 spiro atoms. The molecule has 1 unspecified atom stereocenters. The summed E-state index contributed by atoms with van der Waals surface area (Å²) in [6, 6.07) is 10.1. The molecule has 1 aliphatic rings. The number of aliphatic hydroxyl groups excluding tert-OH is 2. The van der Waals surface area contributed by atoms with Gasteiger partial charge in [0.1, 0.15) is 0 Å². The number of carbonyl (C=O) groups is 1. The maximum atomic E-state index is 11.9. The highest BCUT2D eigenvalue weighted by Gasteiger charge is 2.25. The summed E-state index contributed by atoms with van der Waals surface area (Å²) < 4.78 is 0. The zero-order chi connectivity index (χ0) is 15.8. The van der Waals surface area contributed by atoms with Gasteiger partial charge in [-0.15, -0.1) is 0 Å². The first-order chi connectivity index (χ1) is 10.7. The number of nitrogens with zero attached hydrogens (tertiary/aromatic N) is 1. The van der Waals surface area contributed by atoms with E-state index in [1.165, 1.54) is 5.56 Å². The molecule has 22 heavy (non-hydrogen) atoms. The van der Waals surface area contributed by atoms with Gasteiger partial charge in [0.25, 0.3) is 0 Å². The summed E-state index contributed by atoms with van der Waals surface area (Å²) in [5.41, 5.74) is 1.22. The summed E-state index contributed by atoms with van der Waals surface area (Å²) in [7, 11) is 0. The third-order valence-corrected chi connectivity index (χ3v) is 4.31. The van der Waals surface area contributed by atoms with E-state index in [2.05, 4.69) is 22.3 Å². The molecule has 1 saturated heterocycles. The van der Waals surface area contributed by atoms with Crippen LogP contribution in [-0.4, -0.2) is 59.9 Å². The largest absolute Gasteiger partial charge is 0.394 e. The van der Waals surface area contributed by atoms with Gasteiger partial charge in [-0.1, -0.05) is 30.3 Å². The normalized spacial score (nSPS) is 18.1. The van der Waals surface area contributed by atoms with Crippen LogP contribution < -0.4 is 5.32 Å². The number of hydrogen-bond acceptors (Lipinski definition) is 4. The van der Waals surface area contributed by atoms with Crippen LogP contribution in [-0.2, 0) is 11.2 Å². The minimum absolute atomic E-state index is 0.0529. The molecule has 1 atom stereocenters. The van der Waals surface area contributed by atoms with Crippen molar-refractivity contribution in [2.45, 2.75) is 25.4 Å².